The van der Waals surface area contributed by atoms with E-state index < -0.39 is 9.84 Å². The van der Waals surface area contributed by atoms with Gasteiger partial charge in [-0.2, -0.15) is 0 Å². The summed E-state index contributed by atoms with van der Waals surface area (Å²) in [5, 5.41) is 2.97. The highest BCUT2D eigenvalue weighted by molar-refractivity contribution is 7.90. The number of halogens is 1. The summed E-state index contributed by atoms with van der Waals surface area (Å²) in [4.78, 5) is 6.13. The molecule has 0 atom stereocenters. The van der Waals surface area contributed by atoms with Crippen molar-refractivity contribution in [3.8, 4) is 0 Å². The van der Waals surface area contributed by atoms with Crippen molar-refractivity contribution in [1.82, 2.24) is 4.98 Å². The highest BCUT2D eigenvalue weighted by Crippen LogP contribution is 2.22. The molecule has 130 valence electrons. The van der Waals surface area contributed by atoms with Crippen molar-refractivity contribution >= 4 is 21.3 Å². The number of anilines is 2. The first-order valence-corrected chi connectivity index (χ1v) is 9.68. The van der Waals surface area contributed by atoms with Crippen LogP contribution in [0, 0.1) is 5.82 Å². The number of sulfone groups is 1. The van der Waals surface area contributed by atoms with Gasteiger partial charge in [0.1, 0.15) is 16.5 Å². The van der Waals surface area contributed by atoms with Crippen LogP contribution in [0.25, 0.3) is 0 Å². The molecule has 0 saturated heterocycles. The Hall–Kier alpha value is -2.15. The van der Waals surface area contributed by atoms with Gasteiger partial charge in [0.25, 0.3) is 0 Å². The number of aromatic nitrogens is 1. The summed E-state index contributed by atoms with van der Waals surface area (Å²) in [7, 11) is -3.38. The summed E-state index contributed by atoms with van der Waals surface area (Å²) in [5.74, 6) is -0.0180. The quantitative estimate of drug-likeness (QED) is 0.831. The van der Waals surface area contributed by atoms with Crippen LogP contribution in [0.5, 0.6) is 0 Å². The van der Waals surface area contributed by atoms with Gasteiger partial charge < -0.3 is 10.2 Å². The van der Waals surface area contributed by atoms with Gasteiger partial charge in [-0.25, -0.2) is 17.8 Å². The first-order valence-electron chi connectivity index (χ1n) is 7.79. The van der Waals surface area contributed by atoms with Crippen LogP contribution in [-0.2, 0) is 16.4 Å². The molecule has 1 N–H and O–H groups in total. The van der Waals surface area contributed by atoms with E-state index in [0.29, 0.717) is 11.3 Å². The Morgan fingerprint density at radius 2 is 1.92 bits per heavy atom. The smallest absolute Gasteiger partial charge is 0.179 e. The Morgan fingerprint density at radius 3 is 2.50 bits per heavy atom. The van der Waals surface area contributed by atoms with Crippen molar-refractivity contribution < 1.29 is 12.8 Å². The molecule has 0 bridgehead atoms. The summed E-state index contributed by atoms with van der Waals surface area (Å²) in [5.41, 5.74) is 1.28. The number of hydrogen-bond donors (Lipinski definition) is 1. The van der Waals surface area contributed by atoms with Crippen molar-refractivity contribution in [1.29, 1.82) is 0 Å². The van der Waals surface area contributed by atoms with Crippen LogP contribution in [0.1, 0.15) is 19.4 Å². The lowest BCUT2D eigenvalue weighted by Crippen LogP contribution is -2.23. The van der Waals surface area contributed by atoms with Gasteiger partial charge in [-0.3, -0.25) is 0 Å². The number of benzene rings is 1. The van der Waals surface area contributed by atoms with Crippen molar-refractivity contribution in [2.24, 2.45) is 0 Å². The minimum absolute atomic E-state index is 0.130. The molecule has 2 rings (SSSR count). The zero-order valence-electron chi connectivity index (χ0n) is 14.1. The maximum absolute atomic E-state index is 14.3. The molecule has 1 aromatic carbocycles. The Morgan fingerprint density at radius 1 is 1.21 bits per heavy atom. The lowest BCUT2D eigenvalue weighted by atomic mass is 10.1. The number of nitrogens with one attached hydrogen (secondary N) is 1. The second-order valence-corrected chi connectivity index (χ2v) is 7.42. The Bertz CT molecular complexity index is 805. The van der Waals surface area contributed by atoms with Gasteiger partial charge in [-0.1, -0.05) is 6.07 Å². The normalized spacial score (nSPS) is 11.3. The van der Waals surface area contributed by atoms with Crippen molar-refractivity contribution in [2.75, 3.05) is 29.6 Å². The molecule has 0 saturated carbocycles. The average molecular weight is 351 g/mol. The first-order chi connectivity index (χ1) is 11.4. The zero-order chi connectivity index (χ0) is 17.7. The highest BCUT2D eigenvalue weighted by Gasteiger charge is 2.14. The number of nitrogens with zero attached hydrogens (tertiary/aromatic N) is 2. The number of pyridine rings is 1. The first kappa shape index (κ1) is 18.2. The fraction of sp³-hybridized carbons (Fsp3) is 0.353. The van der Waals surface area contributed by atoms with Crippen molar-refractivity contribution in [3.05, 3.63) is 47.9 Å². The number of rotatable bonds is 7. The van der Waals surface area contributed by atoms with Gasteiger partial charge in [0.05, 0.1) is 5.69 Å². The second-order valence-electron chi connectivity index (χ2n) is 5.43. The van der Waals surface area contributed by atoms with Crippen LogP contribution in [0.4, 0.5) is 15.9 Å². The fourth-order valence-corrected chi connectivity index (χ4v) is 3.29. The molecule has 0 aliphatic carbocycles. The molecule has 0 spiro atoms. The predicted molar refractivity (Wildman–Crippen MR) is 94.6 cm³/mol. The molecule has 1 aromatic heterocycles. The monoisotopic (exact) mass is 351 g/mol. The van der Waals surface area contributed by atoms with Gasteiger partial charge in [0.2, 0.25) is 0 Å². The van der Waals surface area contributed by atoms with E-state index in [2.05, 4.69) is 10.3 Å². The molecular weight excluding hydrogens is 329 g/mol. The van der Waals surface area contributed by atoms with Gasteiger partial charge >= 0.3 is 0 Å². The van der Waals surface area contributed by atoms with Crippen molar-refractivity contribution in [3.63, 3.8) is 0 Å². The van der Waals surface area contributed by atoms with Gasteiger partial charge in [0.15, 0.2) is 9.84 Å². The third kappa shape index (κ3) is 4.23. The second kappa shape index (κ2) is 7.61. The minimum atomic E-state index is -3.38. The molecular formula is C17H22FN3O2S. The van der Waals surface area contributed by atoms with E-state index in [-0.39, 0.29) is 23.1 Å². The summed E-state index contributed by atoms with van der Waals surface area (Å²) in [6, 6.07) is 8.10. The minimum Gasteiger partial charge on any atom is -0.370 e. The van der Waals surface area contributed by atoms with Crippen LogP contribution >= 0.6 is 0 Å². The van der Waals surface area contributed by atoms with Gasteiger partial charge in [0, 0.05) is 32.1 Å². The molecule has 0 radical (unpaired) electrons. The summed E-state index contributed by atoms with van der Waals surface area (Å²) in [6.45, 7) is 5.71. The summed E-state index contributed by atoms with van der Waals surface area (Å²) in [6.07, 6.45) is 2.65. The third-order valence-corrected chi connectivity index (χ3v) is 4.87. The SMILES string of the molecule is CCN(CC)c1ccc(CNc2ncccc2S(C)(=O)=O)cc1F. The van der Waals surface area contributed by atoms with E-state index in [0.717, 1.165) is 19.3 Å². The van der Waals surface area contributed by atoms with E-state index in [1.807, 2.05) is 24.8 Å². The highest BCUT2D eigenvalue weighted by atomic mass is 32.2. The Labute approximate surface area is 142 Å². The number of hydrogen-bond acceptors (Lipinski definition) is 5. The van der Waals surface area contributed by atoms with Gasteiger partial charge in [-0.05, 0) is 43.7 Å². The molecule has 0 aliphatic heterocycles. The van der Waals surface area contributed by atoms with Crippen LogP contribution in [0.2, 0.25) is 0 Å². The average Bonchev–Trinajstić information content (AvgIpc) is 2.55. The summed E-state index contributed by atoms with van der Waals surface area (Å²) >= 11 is 0. The topological polar surface area (TPSA) is 62.3 Å². The van der Waals surface area contributed by atoms with Crippen LogP contribution in [0.3, 0.4) is 0 Å². The predicted octanol–water partition coefficient (Wildman–Crippen LogP) is 3.08. The lowest BCUT2D eigenvalue weighted by molar-refractivity contribution is 0.601. The molecule has 1 heterocycles. The third-order valence-electron chi connectivity index (χ3n) is 3.75. The standard InChI is InChI=1S/C17H22FN3O2S/c1-4-21(5-2)15-9-8-13(11-14(15)18)12-20-17-16(24(3,22)23)7-6-10-19-17/h6-11H,4-5,12H2,1-3H3,(H,19,20). The Balaban J connectivity index is 2.18. The van der Waals surface area contributed by atoms with Crippen LogP contribution < -0.4 is 10.2 Å². The molecule has 0 aliphatic rings. The van der Waals surface area contributed by atoms with Crippen molar-refractivity contribution in [2.45, 2.75) is 25.3 Å². The Kier molecular flexibility index (Phi) is 5.77. The van der Waals surface area contributed by atoms with Crippen LogP contribution in [0.15, 0.2) is 41.4 Å². The van der Waals surface area contributed by atoms with E-state index in [9.17, 15) is 12.8 Å². The van der Waals surface area contributed by atoms with Crippen LogP contribution in [-0.4, -0.2) is 32.7 Å². The maximum Gasteiger partial charge on any atom is 0.179 e. The molecule has 2 aromatic rings. The van der Waals surface area contributed by atoms with E-state index in [1.165, 1.54) is 18.3 Å². The summed E-state index contributed by atoms with van der Waals surface area (Å²) < 4.78 is 37.8. The molecule has 7 heteroatoms. The largest absolute Gasteiger partial charge is 0.370 e. The van der Waals surface area contributed by atoms with Gasteiger partial charge in [-0.15, -0.1) is 0 Å². The van der Waals surface area contributed by atoms with E-state index in [1.54, 1.807) is 12.1 Å². The lowest BCUT2D eigenvalue weighted by Gasteiger charge is -2.22. The van der Waals surface area contributed by atoms with E-state index >= 15 is 0 Å². The van der Waals surface area contributed by atoms with E-state index in [4.69, 9.17) is 0 Å². The molecule has 0 unspecified atom stereocenters. The molecule has 24 heavy (non-hydrogen) atoms. The molecule has 5 nitrogen and oxygen atoms in total. The molecule has 0 amide bonds. The molecule has 0 fully saturated rings. The fourth-order valence-electron chi connectivity index (χ4n) is 2.49. The maximum atomic E-state index is 14.3. The zero-order valence-corrected chi connectivity index (χ0v) is 14.9.